The van der Waals surface area contributed by atoms with Crippen molar-refractivity contribution in [2.45, 2.75) is 32.2 Å². The van der Waals surface area contributed by atoms with Crippen molar-refractivity contribution in [1.29, 1.82) is 0 Å². The summed E-state index contributed by atoms with van der Waals surface area (Å²) in [6.07, 6.45) is 4.82. The monoisotopic (exact) mass is 302 g/mol. The highest BCUT2D eigenvalue weighted by Crippen LogP contribution is 2.26. The van der Waals surface area contributed by atoms with Crippen LogP contribution in [0.3, 0.4) is 0 Å². The number of hydrogen-bond donors (Lipinski definition) is 1. The minimum atomic E-state index is -1.03. The summed E-state index contributed by atoms with van der Waals surface area (Å²) < 4.78 is 0. The highest BCUT2D eigenvalue weighted by Gasteiger charge is 2.31. The fraction of sp³-hybridized carbons (Fsp3) is 0.529. The minimum absolute atomic E-state index is 0.126. The zero-order valence-electron chi connectivity index (χ0n) is 12.8. The maximum absolute atomic E-state index is 12.5. The third kappa shape index (κ3) is 2.99. The SMILES string of the molecule is O=C(O)c1cccc2c1C(=O)N(CCCN1CCCCC1)C2. The predicted molar refractivity (Wildman–Crippen MR) is 83.0 cm³/mol. The topological polar surface area (TPSA) is 60.9 Å². The van der Waals surface area contributed by atoms with E-state index in [1.54, 1.807) is 11.0 Å². The molecule has 0 bridgehead atoms. The van der Waals surface area contributed by atoms with Crippen LogP contribution < -0.4 is 0 Å². The lowest BCUT2D eigenvalue weighted by Gasteiger charge is -2.27. The first kappa shape index (κ1) is 15.0. The quantitative estimate of drug-likeness (QED) is 0.906. The van der Waals surface area contributed by atoms with E-state index in [0.29, 0.717) is 18.7 Å². The molecule has 0 aromatic heterocycles. The molecule has 1 aromatic carbocycles. The van der Waals surface area contributed by atoms with E-state index in [1.165, 1.54) is 25.3 Å². The van der Waals surface area contributed by atoms with Gasteiger partial charge >= 0.3 is 5.97 Å². The van der Waals surface area contributed by atoms with Gasteiger partial charge in [-0.25, -0.2) is 4.79 Å². The molecule has 3 rings (SSSR count). The summed E-state index contributed by atoms with van der Waals surface area (Å²) >= 11 is 0. The van der Waals surface area contributed by atoms with Gasteiger partial charge in [0.25, 0.3) is 5.91 Å². The average Bonchev–Trinajstić information content (AvgIpc) is 2.85. The maximum atomic E-state index is 12.5. The number of aromatic carboxylic acids is 1. The van der Waals surface area contributed by atoms with Gasteiger partial charge in [-0.15, -0.1) is 0 Å². The van der Waals surface area contributed by atoms with Crippen LogP contribution in [0, 0.1) is 0 Å². The molecule has 1 N–H and O–H groups in total. The van der Waals surface area contributed by atoms with Gasteiger partial charge in [-0.3, -0.25) is 4.79 Å². The van der Waals surface area contributed by atoms with Gasteiger partial charge in [-0.05, 0) is 50.5 Å². The first-order valence-corrected chi connectivity index (χ1v) is 8.03. The zero-order valence-corrected chi connectivity index (χ0v) is 12.8. The number of amides is 1. The molecular formula is C17H22N2O3. The van der Waals surface area contributed by atoms with E-state index in [9.17, 15) is 14.7 Å². The Hall–Kier alpha value is -1.88. The van der Waals surface area contributed by atoms with Gasteiger partial charge in [0.05, 0.1) is 11.1 Å². The molecule has 1 amide bonds. The highest BCUT2D eigenvalue weighted by atomic mass is 16.4. The van der Waals surface area contributed by atoms with Gasteiger partial charge in [-0.2, -0.15) is 0 Å². The van der Waals surface area contributed by atoms with Crippen LogP contribution in [0.1, 0.15) is 52.0 Å². The van der Waals surface area contributed by atoms with Crippen LogP contribution >= 0.6 is 0 Å². The number of carboxylic acid groups (broad SMARTS) is 1. The molecule has 1 aromatic rings. The van der Waals surface area contributed by atoms with Crippen LogP contribution in [0.5, 0.6) is 0 Å². The second-order valence-electron chi connectivity index (χ2n) is 6.13. The Morgan fingerprint density at radius 3 is 2.64 bits per heavy atom. The highest BCUT2D eigenvalue weighted by molar-refractivity contribution is 6.07. The molecule has 2 heterocycles. The van der Waals surface area contributed by atoms with Crippen molar-refractivity contribution in [3.8, 4) is 0 Å². The van der Waals surface area contributed by atoms with Gasteiger partial charge in [0.1, 0.15) is 0 Å². The molecule has 118 valence electrons. The second-order valence-corrected chi connectivity index (χ2v) is 6.13. The fourth-order valence-corrected chi connectivity index (χ4v) is 3.45. The molecule has 0 aliphatic carbocycles. The normalized spacial score (nSPS) is 18.5. The van der Waals surface area contributed by atoms with Gasteiger partial charge in [-0.1, -0.05) is 18.6 Å². The third-order valence-corrected chi connectivity index (χ3v) is 4.59. The summed E-state index contributed by atoms with van der Waals surface area (Å²) in [5, 5.41) is 9.22. The summed E-state index contributed by atoms with van der Waals surface area (Å²) in [6.45, 7) is 4.58. The number of piperidine rings is 1. The molecule has 5 nitrogen and oxygen atoms in total. The van der Waals surface area contributed by atoms with E-state index in [0.717, 1.165) is 31.6 Å². The Labute approximate surface area is 130 Å². The fourth-order valence-electron chi connectivity index (χ4n) is 3.45. The van der Waals surface area contributed by atoms with Gasteiger partial charge in [0.15, 0.2) is 0 Å². The molecule has 22 heavy (non-hydrogen) atoms. The first-order valence-electron chi connectivity index (χ1n) is 8.03. The number of rotatable bonds is 5. The number of carbonyl (C=O) groups excluding carboxylic acids is 1. The summed E-state index contributed by atoms with van der Waals surface area (Å²) in [7, 11) is 0. The van der Waals surface area contributed by atoms with Crippen molar-refractivity contribution in [3.63, 3.8) is 0 Å². The lowest BCUT2D eigenvalue weighted by atomic mass is 10.0. The summed E-state index contributed by atoms with van der Waals surface area (Å²) in [4.78, 5) is 27.9. The summed E-state index contributed by atoms with van der Waals surface area (Å²) in [5.41, 5.74) is 1.34. The van der Waals surface area contributed by atoms with Crippen LogP contribution in [0.2, 0.25) is 0 Å². The Morgan fingerprint density at radius 2 is 1.91 bits per heavy atom. The number of hydrogen-bond acceptors (Lipinski definition) is 3. The number of fused-ring (bicyclic) bond motifs is 1. The van der Waals surface area contributed by atoms with Crippen LogP contribution in [0.25, 0.3) is 0 Å². The largest absolute Gasteiger partial charge is 0.478 e. The van der Waals surface area contributed by atoms with E-state index in [-0.39, 0.29) is 11.5 Å². The van der Waals surface area contributed by atoms with E-state index in [2.05, 4.69) is 4.90 Å². The molecule has 0 atom stereocenters. The van der Waals surface area contributed by atoms with Gasteiger partial charge < -0.3 is 14.9 Å². The molecule has 2 aliphatic rings. The molecule has 0 radical (unpaired) electrons. The third-order valence-electron chi connectivity index (χ3n) is 4.59. The number of benzene rings is 1. The first-order chi connectivity index (χ1) is 10.7. The molecule has 1 fully saturated rings. The van der Waals surface area contributed by atoms with Gasteiger partial charge in [0, 0.05) is 13.1 Å². The Bertz CT molecular complexity index is 579. The molecule has 1 saturated heterocycles. The Balaban J connectivity index is 1.59. The van der Waals surface area contributed by atoms with Gasteiger partial charge in [0.2, 0.25) is 0 Å². The Morgan fingerprint density at radius 1 is 1.14 bits per heavy atom. The molecular weight excluding hydrogens is 280 g/mol. The van der Waals surface area contributed by atoms with E-state index in [4.69, 9.17) is 0 Å². The summed E-state index contributed by atoms with van der Waals surface area (Å²) in [5.74, 6) is -1.16. The van der Waals surface area contributed by atoms with Crippen LogP contribution in [0.15, 0.2) is 18.2 Å². The molecule has 0 spiro atoms. The number of nitrogens with zero attached hydrogens (tertiary/aromatic N) is 2. The van der Waals surface area contributed by atoms with Crippen molar-refractivity contribution in [1.82, 2.24) is 9.80 Å². The summed E-state index contributed by atoms with van der Waals surface area (Å²) in [6, 6.07) is 5.08. The van der Waals surface area contributed by atoms with Crippen molar-refractivity contribution in [2.75, 3.05) is 26.2 Å². The lowest BCUT2D eigenvalue weighted by molar-refractivity contribution is 0.0681. The predicted octanol–water partition coefficient (Wildman–Crippen LogP) is 2.22. The van der Waals surface area contributed by atoms with Crippen LogP contribution in [-0.2, 0) is 6.54 Å². The van der Waals surface area contributed by atoms with Crippen molar-refractivity contribution in [2.24, 2.45) is 0 Å². The maximum Gasteiger partial charge on any atom is 0.336 e. The van der Waals surface area contributed by atoms with Crippen LogP contribution in [-0.4, -0.2) is 53.0 Å². The Kier molecular flexibility index (Phi) is 4.43. The van der Waals surface area contributed by atoms with Crippen LogP contribution in [0.4, 0.5) is 0 Å². The average molecular weight is 302 g/mol. The standard InChI is InChI=1S/C17H22N2O3/c20-16-15-13(6-4-7-14(15)17(21)22)12-19(16)11-5-10-18-8-2-1-3-9-18/h4,6-7H,1-3,5,8-12H2,(H,21,22). The van der Waals surface area contributed by atoms with E-state index >= 15 is 0 Å². The van der Waals surface area contributed by atoms with Crippen molar-refractivity contribution >= 4 is 11.9 Å². The molecule has 0 saturated carbocycles. The second kappa shape index (κ2) is 6.48. The minimum Gasteiger partial charge on any atom is -0.478 e. The molecule has 0 unspecified atom stereocenters. The number of carbonyl (C=O) groups is 2. The molecule has 2 aliphatic heterocycles. The van der Waals surface area contributed by atoms with Crippen molar-refractivity contribution < 1.29 is 14.7 Å². The zero-order chi connectivity index (χ0) is 15.5. The number of likely N-dealkylation sites (tertiary alicyclic amines) is 1. The molecule has 5 heteroatoms. The van der Waals surface area contributed by atoms with Crippen molar-refractivity contribution in [3.05, 3.63) is 34.9 Å². The smallest absolute Gasteiger partial charge is 0.336 e. The van der Waals surface area contributed by atoms with E-state index in [1.807, 2.05) is 6.07 Å². The number of carboxylic acids is 1. The van der Waals surface area contributed by atoms with E-state index < -0.39 is 5.97 Å². The lowest BCUT2D eigenvalue weighted by Crippen LogP contribution is -2.33.